The number of rotatable bonds is 3. The van der Waals surface area contributed by atoms with Gasteiger partial charge in [0, 0.05) is 6.61 Å². The van der Waals surface area contributed by atoms with Crippen molar-refractivity contribution in [1.29, 1.82) is 0 Å². The summed E-state index contributed by atoms with van der Waals surface area (Å²) in [6.45, 7) is 3.35. The maximum atomic E-state index is 11.5. The molecule has 6 nitrogen and oxygen atoms in total. The first-order valence-corrected chi connectivity index (χ1v) is 5.12. The Kier molecular flexibility index (Phi) is 2.82. The van der Waals surface area contributed by atoms with Gasteiger partial charge < -0.3 is 19.8 Å². The molecular weight excluding hydrogens is 210 g/mol. The van der Waals surface area contributed by atoms with Crippen LogP contribution in [0.2, 0.25) is 0 Å². The minimum Gasteiger partial charge on any atom is -0.489 e. The summed E-state index contributed by atoms with van der Waals surface area (Å²) in [7, 11) is 1.45. The van der Waals surface area contributed by atoms with Crippen LogP contribution in [0.1, 0.15) is 13.3 Å². The Bertz CT molecular complexity index is 424. The topological polar surface area (TPSA) is 76.2 Å². The van der Waals surface area contributed by atoms with Gasteiger partial charge in [0.1, 0.15) is 0 Å². The molecule has 2 N–H and O–H groups in total. The van der Waals surface area contributed by atoms with Crippen LogP contribution in [0, 0.1) is 0 Å². The van der Waals surface area contributed by atoms with E-state index in [2.05, 4.69) is 15.3 Å². The smallest absolute Gasteiger partial charge is 0.295 e. The number of H-pyrrole nitrogens is 1. The van der Waals surface area contributed by atoms with Crippen molar-refractivity contribution in [3.05, 3.63) is 16.7 Å². The van der Waals surface area contributed by atoms with Gasteiger partial charge in [0.05, 0.1) is 25.6 Å². The van der Waals surface area contributed by atoms with Gasteiger partial charge in [-0.3, -0.25) is 4.79 Å². The SMILES string of the molecule is COc1c(NC2(C)CCOC2)nc[nH]c1=O. The van der Waals surface area contributed by atoms with Gasteiger partial charge in [-0.15, -0.1) is 0 Å². The summed E-state index contributed by atoms with van der Waals surface area (Å²) >= 11 is 0. The van der Waals surface area contributed by atoms with Crippen molar-refractivity contribution in [2.45, 2.75) is 18.9 Å². The number of hydrogen-bond acceptors (Lipinski definition) is 5. The molecule has 1 saturated heterocycles. The minimum atomic E-state index is -0.289. The third-order valence-corrected chi connectivity index (χ3v) is 2.65. The number of methoxy groups -OCH3 is 1. The quantitative estimate of drug-likeness (QED) is 0.777. The molecule has 1 aromatic heterocycles. The maximum absolute atomic E-state index is 11.5. The first kappa shape index (κ1) is 10.9. The maximum Gasteiger partial charge on any atom is 0.295 e. The molecule has 1 aliphatic rings. The lowest BCUT2D eigenvalue weighted by Crippen LogP contribution is -2.36. The molecule has 6 heteroatoms. The van der Waals surface area contributed by atoms with Gasteiger partial charge in [-0.1, -0.05) is 0 Å². The van der Waals surface area contributed by atoms with Crippen LogP contribution in [0.3, 0.4) is 0 Å². The molecule has 1 aromatic rings. The Morgan fingerprint density at radius 1 is 1.69 bits per heavy atom. The van der Waals surface area contributed by atoms with Crippen LogP contribution in [0.4, 0.5) is 5.82 Å². The van der Waals surface area contributed by atoms with Gasteiger partial charge in [-0.2, -0.15) is 0 Å². The highest BCUT2D eigenvalue weighted by molar-refractivity contribution is 5.49. The average molecular weight is 225 g/mol. The molecule has 0 spiro atoms. The zero-order chi connectivity index (χ0) is 11.6. The Morgan fingerprint density at radius 2 is 2.50 bits per heavy atom. The van der Waals surface area contributed by atoms with Gasteiger partial charge >= 0.3 is 0 Å². The molecule has 2 rings (SSSR count). The molecule has 0 aromatic carbocycles. The largest absolute Gasteiger partial charge is 0.489 e. The van der Waals surface area contributed by atoms with Crippen LogP contribution >= 0.6 is 0 Å². The lowest BCUT2D eigenvalue weighted by Gasteiger charge is -2.24. The van der Waals surface area contributed by atoms with Crippen molar-refractivity contribution in [2.75, 3.05) is 25.6 Å². The van der Waals surface area contributed by atoms with E-state index >= 15 is 0 Å². The van der Waals surface area contributed by atoms with Crippen LogP contribution in [0.25, 0.3) is 0 Å². The summed E-state index contributed by atoms with van der Waals surface area (Å²) < 4.78 is 10.3. The fraction of sp³-hybridized carbons (Fsp3) is 0.600. The van der Waals surface area contributed by atoms with Gasteiger partial charge in [0.15, 0.2) is 5.82 Å². The van der Waals surface area contributed by atoms with Crippen molar-refractivity contribution in [1.82, 2.24) is 9.97 Å². The monoisotopic (exact) mass is 225 g/mol. The molecule has 2 heterocycles. The highest BCUT2D eigenvalue weighted by Gasteiger charge is 2.31. The normalized spacial score (nSPS) is 24.4. The van der Waals surface area contributed by atoms with Crippen LogP contribution in [-0.4, -0.2) is 35.8 Å². The molecule has 0 radical (unpaired) electrons. The van der Waals surface area contributed by atoms with Gasteiger partial charge in [-0.25, -0.2) is 4.98 Å². The number of aromatic amines is 1. The average Bonchev–Trinajstić information content (AvgIpc) is 2.65. The third-order valence-electron chi connectivity index (χ3n) is 2.65. The van der Waals surface area contributed by atoms with E-state index in [0.717, 1.165) is 13.0 Å². The second-order valence-electron chi connectivity index (χ2n) is 4.10. The first-order valence-electron chi connectivity index (χ1n) is 5.12. The summed E-state index contributed by atoms with van der Waals surface area (Å²) in [6, 6.07) is 0. The lowest BCUT2D eigenvalue weighted by atomic mass is 10.0. The highest BCUT2D eigenvalue weighted by atomic mass is 16.5. The third kappa shape index (κ3) is 2.01. The number of hydrogen-bond donors (Lipinski definition) is 2. The summed E-state index contributed by atoms with van der Waals surface area (Å²) in [5.74, 6) is 0.662. The lowest BCUT2D eigenvalue weighted by molar-refractivity contribution is 0.185. The van der Waals surface area contributed by atoms with Crippen molar-refractivity contribution >= 4 is 5.82 Å². The molecule has 0 aliphatic carbocycles. The van der Waals surface area contributed by atoms with E-state index in [-0.39, 0.29) is 16.8 Å². The highest BCUT2D eigenvalue weighted by Crippen LogP contribution is 2.25. The molecule has 1 fully saturated rings. The molecule has 1 aliphatic heterocycles. The minimum absolute atomic E-state index is 0.186. The summed E-state index contributed by atoms with van der Waals surface area (Å²) in [5.41, 5.74) is -0.476. The zero-order valence-electron chi connectivity index (χ0n) is 9.37. The second kappa shape index (κ2) is 4.13. The Morgan fingerprint density at radius 3 is 3.12 bits per heavy atom. The summed E-state index contributed by atoms with van der Waals surface area (Å²) in [4.78, 5) is 18.0. The van der Waals surface area contributed by atoms with Gasteiger partial charge in [0.2, 0.25) is 5.75 Å². The Balaban J connectivity index is 2.27. The second-order valence-corrected chi connectivity index (χ2v) is 4.10. The number of aromatic nitrogens is 2. The Labute approximate surface area is 93.0 Å². The van der Waals surface area contributed by atoms with E-state index in [9.17, 15) is 4.79 Å². The number of nitrogens with zero attached hydrogens (tertiary/aromatic N) is 1. The van der Waals surface area contributed by atoms with Crippen molar-refractivity contribution in [3.8, 4) is 5.75 Å². The van der Waals surface area contributed by atoms with Crippen LogP contribution in [-0.2, 0) is 4.74 Å². The van der Waals surface area contributed by atoms with E-state index in [1.165, 1.54) is 13.4 Å². The van der Waals surface area contributed by atoms with Crippen molar-refractivity contribution < 1.29 is 9.47 Å². The Hall–Kier alpha value is -1.56. The molecule has 88 valence electrons. The van der Waals surface area contributed by atoms with Gasteiger partial charge in [0.25, 0.3) is 5.56 Å². The van der Waals surface area contributed by atoms with Crippen LogP contribution in [0.5, 0.6) is 5.75 Å². The number of ether oxygens (including phenoxy) is 2. The fourth-order valence-electron chi connectivity index (χ4n) is 1.72. The number of anilines is 1. The van der Waals surface area contributed by atoms with Crippen LogP contribution in [0.15, 0.2) is 11.1 Å². The predicted octanol–water partition coefficient (Wildman–Crippen LogP) is 0.369. The number of nitrogens with one attached hydrogen (secondary N) is 2. The molecule has 1 atom stereocenters. The van der Waals surface area contributed by atoms with E-state index in [0.29, 0.717) is 12.4 Å². The molecule has 0 amide bonds. The molecule has 16 heavy (non-hydrogen) atoms. The molecular formula is C10H15N3O3. The summed E-state index contributed by atoms with van der Waals surface area (Å²) in [6.07, 6.45) is 2.23. The zero-order valence-corrected chi connectivity index (χ0v) is 9.37. The predicted molar refractivity (Wildman–Crippen MR) is 58.9 cm³/mol. The van der Waals surface area contributed by atoms with E-state index < -0.39 is 0 Å². The summed E-state index contributed by atoms with van der Waals surface area (Å²) in [5, 5.41) is 3.20. The van der Waals surface area contributed by atoms with Crippen molar-refractivity contribution in [2.24, 2.45) is 0 Å². The van der Waals surface area contributed by atoms with E-state index in [1.54, 1.807) is 0 Å². The molecule has 0 bridgehead atoms. The van der Waals surface area contributed by atoms with E-state index in [1.807, 2.05) is 6.92 Å². The first-order chi connectivity index (χ1) is 7.64. The fourth-order valence-corrected chi connectivity index (χ4v) is 1.72. The molecule has 1 unspecified atom stereocenters. The van der Waals surface area contributed by atoms with E-state index in [4.69, 9.17) is 9.47 Å². The molecule has 0 saturated carbocycles. The van der Waals surface area contributed by atoms with Gasteiger partial charge in [-0.05, 0) is 13.3 Å². The van der Waals surface area contributed by atoms with Crippen molar-refractivity contribution in [3.63, 3.8) is 0 Å². The van der Waals surface area contributed by atoms with Crippen LogP contribution < -0.4 is 15.6 Å². The standard InChI is InChI=1S/C10H15N3O3/c1-10(3-4-16-5-10)13-8-7(15-2)9(14)12-6-11-8/h6H,3-5H2,1-2H3,(H2,11,12,13,14).